The molecule has 0 atom stereocenters. The summed E-state index contributed by atoms with van der Waals surface area (Å²) in [5.74, 6) is 0. The summed E-state index contributed by atoms with van der Waals surface area (Å²) in [7, 11) is 0. The first-order chi connectivity index (χ1) is 25.6. The second-order valence-corrected chi connectivity index (χ2v) is 18.8. The number of nitrogens with zero attached hydrogens (tertiary/aromatic N) is 12. The topological polar surface area (TPSA) is 78.8 Å². The van der Waals surface area contributed by atoms with Gasteiger partial charge in [0.25, 0.3) is 0 Å². The molecule has 0 aromatic carbocycles. The molecule has 0 amide bonds. The van der Waals surface area contributed by atoms with Gasteiger partial charge in [-0.1, -0.05) is 55.4 Å². The van der Waals surface area contributed by atoms with Gasteiger partial charge in [0, 0.05) is 47.0 Å². The largest absolute Gasteiger partial charge is 2.00 e. The van der Waals surface area contributed by atoms with Gasteiger partial charge in [-0.05, 0) is 132 Å². The van der Waals surface area contributed by atoms with E-state index in [1.165, 1.54) is 0 Å². The van der Waals surface area contributed by atoms with Crippen molar-refractivity contribution in [3.8, 4) is 0 Å². The molecule has 0 spiro atoms. The number of aliphatic imine (C=N–C) groups is 2. The molecule has 4 rings (SSSR count). The Kier molecular flexibility index (Phi) is 25.8. The molecule has 0 fully saturated rings. The van der Waals surface area contributed by atoms with Crippen molar-refractivity contribution >= 4 is 12.7 Å². The monoisotopic (exact) mass is 900 g/mol. The van der Waals surface area contributed by atoms with E-state index in [4.69, 9.17) is 0 Å². The van der Waals surface area contributed by atoms with E-state index in [0.29, 0.717) is 24.2 Å². The minimum absolute atomic E-state index is 0. The van der Waals surface area contributed by atoms with Crippen molar-refractivity contribution < 1.29 is 39.0 Å². The van der Waals surface area contributed by atoms with E-state index in [1.807, 2.05) is 138 Å². The standard InChI is InChI=1S/2C15H23N4.2C7H15N2.2Zn/c2*1-14(2,3)18-9-7-16(12-18)11-17-8-10-19(13-17)15(4,5)6;2*1-6(2)8-5-9-7(3)4;;/h2*7-11H,1-6H3;2*5-7H,1-4H3;;/q4*-1;2*+2. The third kappa shape index (κ3) is 24.6. The van der Waals surface area contributed by atoms with Gasteiger partial charge in [0.15, 0.2) is 26.7 Å². The Morgan fingerprint density at radius 3 is 0.759 bits per heavy atom. The van der Waals surface area contributed by atoms with Crippen LogP contribution in [0.15, 0.2) is 59.6 Å². The molecule has 0 aromatic heterocycles. The Bertz CT molecular complexity index is 1110. The van der Waals surface area contributed by atoms with E-state index in [9.17, 15) is 0 Å². The third-order valence-electron chi connectivity index (χ3n) is 7.25. The number of rotatable bonds is 10. The average Bonchev–Trinajstić information content (AvgIpc) is 3.84. The summed E-state index contributed by atoms with van der Waals surface area (Å²) in [6.07, 6.45) is 19.3. The minimum Gasteiger partial charge on any atom is -0.480 e. The fourth-order valence-electron chi connectivity index (χ4n) is 3.95. The van der Waals surface area contributed by atoms with Crippen molar-refractivity contribution in [3.63, 3.8) is 0 Å². The third-order valence-corrected chi connectivity index (χ3v) is 7.25. The zero-order chi connectivity index (χ0) is 43.1. The SMILES string of the molecule is CC(C)(C)N1[C]N([CH-]N2[C]N(C(C)(C)C)C=C2)C=C1.CC(C)(C)N1[C]N([CH-]N2[C]N(C(C)(C)C)C=C2)C=C1.CC(C)N=C[N-]C(C)C.CC(C)N=C[N-]C(C)C.[Zn+2].[Zn+2]. The molecule has 8 radical (unpaired) electrons. The average molecular weight is 904 g/mol. The molecule has 0 aliphatic carbocycles. The summed E-state index contributed by atoms with van der Waals surface area (Å²) in [6, 6.07) is 1.47. The maximum Gasteiger partial charge on any atom is 2.00 e. The van der Waals surface area contributed by atoms with E-state index in [1.54, 1.807) is 12.7 Å². The zero-order valence-corrected chi connectivity index (χ0v) is 46.0. The fourth-order valence-corrected chi connectivity index (χ4v) is 3.95. The van der Waals surface area contributed by atoms with E-state index in [2.05, 4.69) is 150 Å². The first-order valence-corrected chi connectivity index (χ1v) is 19.8. The molecule has 58 heavy (non-hydrogen) atoms. The van der Waals surface area contributed by atoms with Crippen molar-refractivity contribution in [2.24, 2.45) is 9.98 Å². The molecular weight excluding hydrogens is 827 g/mol. The quantitative estimate of drug-likeness (QED) is 0.0929. The molecule has 0 bridgehead atoms. The van der Waals surface area contributed by atoms with E-state index < -0.39 is 0 Å². The Labute approximate surface area is 383 Å². The Hall–Kier alpha value is -2.45. The smallest absolute Gasteiger partial charge is 0.480 e. The molecule has 316 valence electrons. The molecule has 0 N–H and O–H groups in total. The summed E-state index contributed by atoms with van der Waals surface area (Å²) >= 11 is 0. The van der Waals surface area contributed by atoms with Crippen LogP contribution in [0.3, 0.4) is 0 Å². The van der Waals surface area contributed by atoms with Gasteiger partial charge in [-0.15, -0.1) is 12.7 Å². The van der Waals surface area contributed by atoms with Gasteiger partial charge in [-0.25, -0.2) is 0 Å². The Balaban J connectivity index is 0. The maximum absolute atomic E-state index is 4.07. The molecule has 4 aliphatic rings. The van der Waals surface area contributed by atoms with E-state index in [0.717, 1.165) is 0 Å². The van der Waals surface area contributed by atoms with Gasteiger partial charge >= 0.3 is 39.0 Å². The summed E-state index contributed by atoms with van der Waals surface area (Å²) in [6.45, 7) is 59.2. The number of hydrogen-bond donors (Lipinski definition) is 0. The molecule has 0 unspecified atom stereocenters. The van der Waals surface area contributed by atoms with E-state index >= 15 is 0 Å². The van der Waals surface area contributed by atoms with Gasteiger partial charge in [0.2, 0.25) is 0 Å². The Morgan fingerprint density at radius 2 is 0.621 bits per heavy atom. The molecular formula is C44H76N12Zn2. The molecule has 4 aliphatic heterocycles. The maximum atomic E-state index is 4.07. The van der Waals surface area contributed by atoms with E-state index in [-0.39, 0.29) is 61.1 Å². The molecule has 4 heterocycles. The van der Waals surface area contributed by atoms with Crippen LogP contribution in [0.1, 0.15) is 138 Å². The van der Waals surface area contributed by atoms with Crippen molar-refractivity contribution in [3.05, 3.63) is 100 Å². The first kappa shape index (κ1) is 57.6. The second kappa shape index (κ2) is 26.0. The second-order valence-electron chi connectivity index (χ2n) is 18.8. The van der Waals surface area contributed by atoms with Crippen molar-refractivity contribution in [2.45, 2.75) is 185 Å². The van der Waals surface area contributed by atoms with Crippen molar-refractivity contribution in [2.75, 3.05) is 0 Å². The number of hydrogen-bond acceptors (Lipinski definition) is 10. The van der Waals surface area contributed by atoms with Crippen LogP contribution in [0.25, 0.3) is 10.6 Å². The van der Waals surface area contributed by atoms with Gasteiger partial charge in [0.05, 0.1) is 0 Å². The van der Waals surface area contributed by atoms with Crippen LogP contribution in [-0.4, -0.2) is 98.2 Å². The Morgan fingerprint density at radius 1 is 0.414 bits per heavy atom. The minimum atomic E-state index is 0. The molecule has 0 saturated carbocycles. The van der Waals surface area contributed by atoms with Crippen LogP contribution >= 0.6 is 0 Å². The predicted octanol–water partition coefficient (Wildman–Crippen LogP) is 10.2. The van der Waals surface area contributed by atoms with Crippen molar-refractivity contribution in [1.29, 1.82) is 0 Å². The summed E-state index contributed by atoms with van der Waals surface area (Å²) < 4.78 is 0. The zero-order valence-electron chi connectivity index (χ0n) is 40.0. The van der Waals surface area contributed by atoms with Crippen LogP contribution < -0.4 is 0 Å². The van der Waals surface area contributed by atoms with Crippen LogP contribution in [0.4, 0.5) is 0 Å². The predicted molar refractivity (Wildman–Crippen MR) is 236 cm³/mol. The fraction of sp³-hybridized carbons (Fsp3) is 0.636. The molecule has 0 aromatic rings. The van der Waals surface area contributed by atoms with Gasteiger partial charge in [0.1, 0.15) is 0 Å². The first-order valence-electron chi connectivity index (χ1n) is 19.8. The van der Waals surface area contributed by atoms with Crippen molar-refractivity contribution in [1.82, 2.24) is 39.2 Å². The van der Waals surface area contributed by atoms with Crippen LogP contribution in [0.5, 0.6) is 0 Å². The molecule has 14 heteroatoms. The van der Waals surface area contributed by atoms with Crippen LogP contribution in [-0.2, 0) is 39.0 Å². The van der Waals surface area contributed by atoms with Gasteiger partial charge in [-0.3, -0.25) is 0 Å². The van der Waals surface area contributed by atoms with Gasteiger partial charge < -0.3 is 59.8 Å². The van der Waals surface area contributed by atoms with Crippen LogP contribution in [0.2, 0.25) is 0 Å². The molecule has 0 saturated heterocycles. The summed E-state index contributed by atoms with van der Waals surface area (Å²) in [5.41, 5.74) is 0.186. The normalized spacial score (nSPS) is 16.8. The summed E-state index contributed by atoms with van der Waals surface area (Å²) in [5, 5.41) is 8.15. The van der Waals surface area contributed by atoms with Crippen LogP contribution in [0, 0.1) is 40.0 Å². The van der Waals surface area contributed by atoms with Gasteiger partial charge in [-0.2, -0.15) is 13.3 Å². The molecule has 12 nitrogen and oxygen atoms in total. The summed E-state index contributed by atoms with van der Waals surface area (Å²) in [4.78, 5) is 24.0.